The third-order valence-corrected chi connectivity index (χ3v) is 8.04. The molecule has 0 aliphatic heterocycles. The monoisotopic (exact) mass is 320 g/mol. The van der Waals surface area contributed by atoms with Gasteiger partial charge in [0.05, 0.1) is 4.90 Å². The molecule has 0 fully saturated rings. The zero-order valence-electron chi connectivity index (χ0n) is 12.5. The van der Waals surface area contributed by atoms with Gasteiger partial charge < -0.3 is 0 Å². The molecule has 2 rings (SSSR count). The molecule has 0 aliphatic carbocycles. The highest BCUT2D eigenvalue weighted by molar-refractivity contribution is 8.14. The predicted molar refractivity (Wildman–Crippen MR) is 90.4 cm³/mol. The van der Waals surface area contributed by atoms with Crippen LogP contribution in [0.3, 0.4) is 0 Å². The van der Waals surface area contributed by atoms with Gasteiger partial charge in [0.2, 0.25) is 0 Å². The van der Waals surface area contributed by atoms with Gasteiger partial charge in [-0.15, -0.1) is 11.8 Å². The summed E-state index contributed by atoms with van der Waals surface area (Å²) in [6.07, 6.45) is 2.35. The van der Waals surface area contributed by atoms with Crippen LogP contribution in [0.15, 0.2) is 59.5 Å². The third-order valence-electron chi connectivity index (χ3n) is 3.70. The molecule has 0 N–H and O–H groups in total. The van der Waals surface area contributed by atoms with Crippen LogP contribution in [0.1, 0.15) is 18.1 Å². The molecule has 0 saturated carbocycles. The third kappa shape index (κ3) is 3.33. The molecule has 0 amide bonds. The highest BCUT2D eigenvalue weighted by Gasteiger charge is 2.39. The van der Waals surface area contributed by atoms with Gasteiger partial charge in [0.1, 0.15) is 4.08 Å². The number of hydrogen-bond donors (Lipinski definition) is 0. The molecule has 4 heteroatoms. The largest absolute Gasteiger partial charge is 0.222 e. The fraction of sp³-hybridized carbons (Fsp3) is 0.294. The van der Waals surface area contributed by atoms with Gasteiger partial charge >= 0.3 is 0 Å². The molecule has 21 heavy (non-hydrogen) atoms. The Labute approximate surface area is 131 Å². The second-order valence-electron chi connectivity index (χ2n) is 5.32. The van der Waals surface area contributed by atoms with Crippen molar-refractivity contribution in [2.45, 2.75) is 29.2 Å². The second-order valence-corrected chi connectivity index (χ2v) is 9.26. The molecule has 1 atom stereocenters. The summed E-state index contributed by atoms with van der Waals surface area (Å²) in [5, 5.41) is 0. The molecular weight excluding hydrogens is 300 g/mol. The van der Waals surface area contributed by atoms with E-state index >= 15 is 0 Å². The predicted octanol–water partition coefficient (Wildman–Crippen LogP) is 4.09. The van der Waals surface area contributed by atoms with Gasteiger partial charge in [0.15, 0.2) is 9.84 Å². The first-order chi connectivity index (χ1) is 9.89. The van der Waals surface area contributed by atoms with Crippen LogP contribution in [0.4, 0.5) is 0 Å². The molecule has 2 nitrogen and oxygen atoms in total. The first kappa shape index (κ1) is 16.1. The van der Waals surface area contributed by atoms with Crippen molar-refractivity contribution in [1.29, 1.82) is 0 Å². The summed E-state index contributed by atoms with van der Waals surface area (Å²) in [5.74, 6) is 0. The molecule has 2 aromatic carbocycles. The van der Waals surface area contributed by atoms with Crippen LogP contribution in [-0.2, 0) is 16.3 Å². The van der Waals surface area contributed by atoms with Crippen LogP contribution in [-0.4, -0.2) is 18.8 Å². The molecule has 112 valence electrons. The Morgan fingerprint density at radius 1 is 1.00 bits per heavy atom. The summed E-state index contributed by atoms with van der Waals surface area (Å²) in [5.41, 5.74) is 2.09. The molecule has 0 radical (unpaired) electrons. The van der Waals surface area contributed by atoms with Crippen molar-refractivity contribution in [1.82, 2.24) is 0 Å². The van der Waals surface area contributed by atoms with Crippen LogP contribution >= 0.6 is 11.8 Å². The Morgan fingerprint density at radius 3 is 2.10 bits per heavy atom. The van der Waals surface area contributed by atoms with Crippen LogP contribution < -0.4 is 0 Å². The molecule has 0 heterocycles. The highest BCUT2D eigenvalue weighted by atomic mass is 32.3. The van der Waals surface area contributed by atoms with E-state index in [1.54, 1.807) is 19.1 Å². The van der Waals surface area contributed by atoms with E-state index in [2.05, 4.69) is 0 Å². The number of hydrogen-bond acceptors (Lipinski definition) is 3. The van der Waals surface area contributed by atoms with Crippen LogP contribution in [0, 0.1) is 6.92 Å². The summed E-state index contributed by atoms with van der Waals surface area (Å²) in [6.45, 7) is 3.76. The normalized spacial score (nSPS) is 14.6. The Balaban J connectivity index is 2.41. The maximum Gasteiger partial charge on any atom is 0.193 e. The molecule has 0 aliphatic rings. The molecule has 2 aromatic rings. The van der Waals surface area contributed by atoms with Crippen molar-refractivity contribution in [3.8, 4) is 0 Å². The van der Waals surface area contributed by atoms with Gasteiger partial charge in [-0.3, -0.25) is 0 Å². The SMILES string of the molecule is CSC(C)(Cc1ccccc1)S(=O)(=O)c1ccc(C)cc1. The fourth-order valence-electron chi connectivity index (χ4n) is 2.21. The van der Waals surface area contributed by atoms with E-state index in [-0.39, 0.29) is 0 Å². The lowest BCUT2D eigenvalue weighted by molar-refractivity contribution is 0.576. The van der Waals surface area contributed by atoms with E-state index in [1.165, 1.54) is 11.8 Å². The molecular formula is C17H20O2S2. The van der Waals surface area contributed by atoms with E-state index in [9.17, 15) is 8.42 Å². The number of aryl methyl sites for hydroxylation is 1. The zero-order valence-corrected chi connectivity index (χ0v) is 14.2. The minimum absolute atomic E-state index is 0.390. The van der Waals surface area contributed by atoms with Gasteiger partial charge in [-0.2, -0.15) is 0 Å². The first-order valence-electron chi connectivity index (χ1n) is 6.79. The quantitative estimate of drug-likeness (QED) is 0.832. The zero-order chi connectivity index (χ0) is 15.5. The highest BCUT2D eigenvalue weighted by Crippen LogP contribution is 2.37. The number of rotatable bonds is 5. The Bertz CT molecular complexity index is 691. The van der Waals surface area contributed by atoms with Gasteiger partial charge in [0, 0.05) is 6.42 Å². The summed E-state index contributed by atoms with van der Waals surface area (Å²) in [4.78, 5) is 0.390. The maximum absolute atomic E-state index is 13.0. The van der Waals surface area contributed by atoms with Crippen molar-refractivity contribution in [2.24, 2.45) is 0 Å². The van der Waals surface area contributed by atoms with Crippen LogP contribution in [0.5, 0.6) is 0 Å². The van der Waals surface area contributed by atoms with Crippen molar-refractivity contribution >= 4 is 21.6 Å². The Morgan fingerprint density at radius 2 is 1.57 bits per heavy atom. The van der Waals surface area contributed by atoms with Gasteiger partial charge in [-0.1, -0.05) is 48.0 Å². The van der Waals surface area contributed by atoms with Gasteiger partial charge in [-0.05, 0) is 37.8 Å². The number of thioether (sulfide) groups is 1. The van der Waals surface area contributed by atoms with E-state index in [1.807, 2.05) is 55.6 Å². The average molecular weight is 320 g/mol. The van der Waals surface area contributed by atoms with E-state index in [0.717, 1.165) is 11.1 Å². The van der Waals surface area contributed by atoms with E-state index in [0.29, 0.717) is 11.3 Å². The number of benzene rings is 2. The standard InChI is InChI=1S/C17H20O2S2/c1-14-9-11-16(12-10-14)21(18,19)17(2,20-3)13-15-7-5-4-6-8-15/h4-12H,13H2,1-3H3. The van der Waals surface area contributed by atoms with Crippen molar-refractivity contribution in [3.63, 3.8) is 0 Å². The van der Waals surface area contributed by atoms with E-state index < -0.39 is 13.9 Å². The number of sulfone groups is 1. The van der Waals surface area contributed by atoms with Gasteiger partial charge in [-0.25, -0.2) is 8.42 Å². The minimum Gasteiger partial charge on any atom is -0.222 e. The second kappa shape index (κ2) is 6.24. The lowest BCUT2D eigenvalue weighted by Crippen LogP contribution is -2.34. The van der Waals surface area contributed by atoms with Crippen molar-refractivity contribution in [2.75, 3.05) is 6.26 Å². The first-order valence-corrected chi connectivity index (χ1v) is 9.50. The average Bonchev–Trinajstić information content (AvgIpc) is 2.48. The summed E-state index contributed by atoms with van der Waals surface area (Å²) in [7, 11) is -3.40. The maximum atomic E-state index is 13.0. The Kier molecular flexibility index (Phi) is 4.79. The molecule has 1 unspecified atom stereocenters. The minimum atomic E-state index is -3.40. The smallest absolute Gasteiger partial charge is 0.193 e. The summed E-state index contributed by atoms with van der Waals surface area (Å²) >= 11 is 1.39. The van der Waals surface area contributed by atoms with Crippen LogP contribution in [0.2, 0.25) is 0 Å². The van der Waals surface area contributed by atoms with Crippen molar-refractivity contribution in [3.05, 3.63) is 65.7 Å². The fourth-order valence-corrected chi connectivity index (χ4v) is 5.04. The summed E-state index contributed by atoms with van der Waals surface area (Å²) in [6, 6.07) is 16.8. The molecule has 0 spiro atoms. The van der Waals surface area contributed by atoms with Crippen LogP contribution in [0.25, 0.3) is 0 Å². The summed E-state index contributed by atoms with van der Waals surface area (Å²) < 4.78 is 25.1. The van der Waals surface area contributed by atoms with E-state index in [4.69, 9.17) is 0 Å². The van der Waals surface area contributed by atoms with Gasteiger partial charge in [0.25, 0.3) is 0 Å². The lowest BCUT2D eigenvalue weighted by Gasteiger charge is -2.27. The van der Waals surface area contributed by atoms with Crippen molar-refractivity contribution < 1.29 is 8.42 Å². The molecule has 0 saturated heterocycles. The molecule has 0 bridgehead atoms. The topological polar surface area (TPSA) is 34.1 Å². The molecule has 0 aromatic heterocycles. The lowest BCUT2D eigenvalue weighted by atomic mass is 10.1. The Hall–Kier alpha value is -1.26.